The molecule has 0 heterocycles. The van der Waals surface area contributed by atoms with Crippen molar-refractivity contribution in [1.82, 2.24) is 5.06 Å². The van der Waals surface area contributed by atoms with Crippen molar-refractivity contribution in [3.8, 4) is 0 Å². The maximum absolute atomic E-state index is 9.83. The quantitative estimate of drug-likeness (QED) is 0.547. The zero-order valence-corrected chi connectivity index (χ0v) is 9.20. The van der Waals surface area contributed by atoms with Gasteiger partial charge in [-0.05, 0) is 32.9 Å². The highest BCUT2D eigenvalue weighted by molar-refractivity contribution is 5.24. The zero-order valence-electron chi connectivity index (χ0n) is 9.20. The molecule has 0 aromatic carbocycles. The minimum atomic E-state index is -0.333. The van der Waals surface area contributed by atoms with E-state index in [2.05, 4.69) is 13.2 Å². The van der Waals surface area contributed by atoms with Gasteiger partial charge in [0.05, 0.1) is 11.2 Å². The number of hydrogen-bond acceptors (Lipinski definition) is 2. The van der Waals surface area contributed by atoms with Crippen LogP contribution in [0.1, 0.15) is 20.8 Å². The molecule has 0 saturated carbocycles. The van der Waals surface area contributed by atoms with E-state index in [-0.39, 0.29) is 5.54 Å². The zero-order chi connectivity index (χ0) is 11.2. The first kappa shape index (κ1) is 12.7. The summed E-state index contributed by atoms with van der Waals surface area (Å²) in [4.78, 5) is 0. The summed E-state index contributed by atoms with van der Waals surface area (Å²) in [5, 5.41) is 11.0. The lowest BCUT2D eigenvalue weighted by Crippen LogP contribution is -2.37. The molecule has 0 saturated heterocycles. The van der Waals surface area contributed by atoms with Crippen LogP contribution < -0.4 is 0 Å². The minimum Gasteiger partial charge on any atom is -0.288 e. The summed E-state index contributed by atoms with van der Waals surface area (Å²) >= 11 is 0. The van der Waals surface area contributed by atoms with Crippen molar-refractivity contribution in [1.29, 1.82) is 0 Å². The fourth-order valence-electron chi connectivity index (χ4n) is 0.871. The highest BCUT2D eigenvalue weighted by Crippen LogP contribution is 2.17. The fourth-order valence-corrected chi connectivity index (χ4v) is 0.871. The number of hydroxylamine groups is 2. The standard InChI is InChI=1S/C12H19NO/c1-6-8-10-11(9-7-2)13(14)12(3,4)5/h6-10,14H,1-2H2,3-5H3/b10-8-,11-9+. The van der Waals surface area contributed by atoms with Crippen LogP contribution in [0.25, 0.3) is 0 Å². The topological polar surface area (TPSA) is 23.5 Å². The van der Waals surface area contributed by atoms with E-state index in [0.717, 1.165) is 0 Å². The normalized spacial score (nSPS) is 13.0. The molecule has 0 aromatic rings. The van der Waals surface area contributed by atoms with Crippen LogP contribution >= 0.6 is 0 Å². The minimum absolute atomic E-state index is 0.333. The maximum atomic E-state index is 9.83. The molecule has 0 radical (unpaired) electrons. The van der Waals surface area contributed by atoms with E-state index in [1.165, 1.54) is 5.06 Å². The first-order valence-electron chi connectivity index (χ1n) is 4.54. The molecule has 78 valence electrons. The van der Waals surface area contributed by atoms with Crippen LogP contribution in [0.2, 0.25) is 0 Å². The average Bonchev–Trinajstić information content (AvgIpc) is 2.09. The second kappa shape index (κ2) is 5.45. The largest absolute Gasteiger partial charge is 0.288 e. The summed E-state index contributed by atoms with van der Waals surface area (Å²) < 4.78 is 0. The van der Waals surface area contributed by atoms with E-state index in [0.29, 0.717) is 5.70 Å². The van der Waals surface area contributed by atoms with Crippen LogP contribution in [0.3, 0.4) is 0 Å². The number of rotatable bonds is 4. The Balaban J connectivity index is 4.84. The maximum Gasteiger partial charge on any atom is 0.0640 e. The van der Waals surface area contributed by atoms with Crippen LogP contribution in [0.15, 0.2) is 49.2 Å². The van der Waals surface area contributed by atoms with Crippen LogP contribution in [0, 0.1) is 0 Å². The van der Waals surface area contributed by atoms with Gasteiger partial charge in [0, 0.05) is 0 Å². The van der Waals surface area contributed by atoms with E-state index >= 15 is 0 Å². The van der Waals surface area contributed by atoms with Gasteiger partial charge in [-0.2, -0.15) is 0 Å². The lowest BCUT2D eigenvalue weighted by atomic mass is 10.1. The Morgan fingerprint density at radius 1 is 1.21 bits per heavy atom. The van der Waals surface area contributed by atoms with Crippen molar-refractivity contribution < 1.29 is 5.21 Å². The van der Waals surface area contributed by atoms with Gasteiger partial charge in [-0.25, -0.2) is 0 Å². The second-order valence-corrected chi connectivity index (χ2v) is 3.90. The molecule has 2 heteroatoms. The van der Waals surface area contributed by atoms with Gasteiger partial charge >= 0.3 is 0 Å². The first-order valence-corrected chi connectivity index (χ1v) is 4.54. The van der Waals surface area contributed by atoms with Crippen molar-refractivity contribution in [2.75, 3.05) is 0 Å². The highest BCUT2D eigenvalue weighted by atomic mass is 16.5. The van der Waals surface area contributed by atoms with Crippen molar-refractivity contribution in [2.24, 2.45) is 0 Å². The van der Waals surface area contributed by atoms with Crippen molar-refractivity contribution >= 4 is 0 Å². The lowest BCUT2D eigenvalue weighted by molar-refractivity contribution is -0.119. The highest BCUT2D eigenvalue weighted by Gasteiger charge is 2.19. The first-order chi connectivity index (χ1) is 6.43. The Bertz CT molecular complexity index is 256. The summed E-state index contributed by atoms with van der Waals surface area (Å²) in [5.74, 6) is 0. The average molecular weight is 193 g/mol. The molecule has 0 fully saturated rings. The molecule has 2 nitrogen and oxygen atoms in total. The summed E-state index contributed by atoms with van der Waals surface area (Å²) in [6.07, 6.45) is 8.58. The van der Waals surface area contributed by atoms with Crippen LogP contribution in [-0.4, -0.2) is 15.8 Å². The Morgan fingerprint density at radius 3 is 2.14 bits per heavy atom. The molecule has 0 aliphatic rings. The number of allylic oxidation sites excluding steroid dienone is 5. The predicted octanol–water partition coefficient (Wildman–Crippen LogP) is 3.29. The predicted molar refractivity (Wildman–Crippen MR) is 61.0 cm³/mol. The molecule has 0 aromatic heterocycles. The smallest absolute Gasteiger partial charge is 0.0640 e. The van der Waals surface area contributed by atoms with E-state index in [9.17, 15) is 5.21 Å². The summed E-state index contributed by atoms with van der Waals surface area (Å²) in [6.45, 7) is 12.9. The SMILES string of the molecule is C=C/C=C\C(=C/C=C)N(O)C(C)(C)C. The molecule has 1 N–H and O–H groups in total. The molecule has 0 unspecified atom stereocenters. The second-order valence-electron chi connectivity index (χ2n) is 3.90. The van der Waals surface area contributed by atoms with E-state index in [1.54, 1.807) is 30.4 Å². The van der Waals surface area contributed by atoms with Crippen molar-refractivity contribution in [2.45, 2.75) is 26.3 Å². The molecule has 0 aliphatic carbocycles. The lowest BCUT2D eigenvalue weighted by Gasteiger charge is -2.31. The molecule has 0 atom stereocenters. The molecule has 0 aliphatic heterocycles. The van der Waals surface area contributed by atoms with Gasteiger partial charge in [0.25, 0.3) is 0 Å². The molecule has 0 bridgehead atoms. The summed E-state index contributed by atoms with van der Waals surface area (Å²) in [7, 11) is 0. The molecular weight excluding hydrogens is 174 g/mol. The Labute approximate surface area is 86.5 Å². The van der Waals surface area contributed by atoms with Gasteiger partial charge in [-0.1, -0.05) is 31.4 Å². The number of nitrogens with zero attached hydrogens (tertiary/aromatic N) is 1. The van der Waals surface area contributed by atoms with Crippen molar-refractivity contribution in [3.63, 3.8) is 0 Å². The molecule has 0 rings (SSSR count). The van der Waals surface area contributed by atoms with Gasteiger partial charge < -0.3 is 0 Å². The third kappa shape index (κ3) is 4.10. The van der Waals surface area contributed by atoms with Crippen LogP contribution in [-0.2, 0) is 0 Å². The van der Waals surface area contributed by atoms with Gasteiger partial charge in [0.15, 0.2) is 0 Å². The van der Waals surface area contributed by atoms with E-state index in [1.807, 2.05) is 20.8 Å². The number of hydrogen-bond donors (Lipinski definition) is 1. The monoisotopic (exact) mass is 193 g/mol. The third-order valence-corrected chi connectivity index (χ3v) is 1.57. The van der Waals surface area contributed by atoms with Gasteiger partial charge in [0.2, 0.25) is 0 Å². The van der Waals surface area contributed by atoms with Crippen LogP contribution in [0.4, 0.5) is 0 Å². The Kier molecular flexibility index (Phi) is 4.95. The third-order valence-electron chi connectivity index (χ3n) is 1.57. The summed E-state index contributed by atoms with van der Waals surface area (Å²) in [6, 6.07) is 0. The van der Waals surface area contributed by atoms with Gasteiger partial charge in [-0.15, -0.1) is 0 Å². The van der Waals surface area contributed by atoms with E-state index in [4.69, 9.17) is 0 Å². The van der Waals surface area contributed by atoms with Gasteiger partial charge in [0.1, 0.15) is 0 Å². The van der Waals surface area contributed by atoms with Crippen LogP contribution in [0.5, 0.6) is 0 Å². The molecule has 0 amide bonds. The fraction of sp³-hybridized carbons (Fsp3) is 0.333. The molecule has 0 spiro atoms. The molecule has 14 heavy (non-hydrogen) atoms. The Morgan fingerprint density at radius 2 is 1.79 bits per heavy atom. The molecular formula is C12H19NO. The van der Waals surface area contributed by atoms with E-state index < -0.39 is 0 Å². The summed E-state index contributed by atoms with van der Waals surface area (Å²) in [5.41, 5.74) is 0.354. The Hall–Kier alpha value is -1.28. The van der Waals surface area contributed by atoms with Crippen molar-refractivity contribution in [3.05, 3.63) is 49.2 Å². The van der Waals surface area contributed by atoms with Gasteiger partial charge in [-0.3, -0.25) is 10.3 Å².